The third-order valence-corrected chi connectivity index (χ3v) is 19.5. The van der Waals surface area contributed by atoms with Gasteiger partial charge in [-0.3, -0.25) is 57.6 Å². The SMILES string of the molecule is CCCC[C@@H](C)[C@@H](O)[C@H]1C(=O)N[C@@H](CC)C(=O)N(C)[C@H](C)C(=O)N(C)[C@@H]([C@@H](C)CN2CCN(CCOC)CC2)C(=O)N[C@@H](C(C)C)C(=O)N(C)[C@@H](CCC(C)C)C(=O)N[C@@H](C)C(=O)N[C@H](C)C(=O)N(C)[C@@H](CC(C)C)C(=O)N(C)C(CC(C)C)C(=O)N(C)[C@@H](C(C)C)C(=O)N1C. The molecule has 2 aliphatic rings. The monoisotopic (exact) mass is 1360 g/mol. The standard InChI is InChI=1S/C70H129N13O13/c1-26-28-29-46(13)59(84)58-63(88)73-51(27-2)66(91)75(18)50(17)65(90)80(23)57(47(14)40-83-34-32-82(33-35-83)36-37-96-25)62(87)74-55(44(9)10)69(94)76(19)52(31-30-41(3)4)61(86)71-48(15)60(85)72-49(16)64(89)77(20)53(38-42(5)6)67(92)78(21)54(39-43(7)8)68(93)79(22)56(45(11)12)70(95)81(58)24/h41-59,84H,26-40H2,1-25H3,(H,71,86)(H,72,85)(H,73,88)(H,74,87)/t46-,47+,48+,49-,50-,51+,52+,53+,54?,55+,56+,57+,58+,59-/m1/s1. The molecule has 11 amide bonds. The Morgan fingerprint density at radius 3 is 1.44 bits per heavy atom. The normalized spacial score (nSPS) is 27.6. The minimum Gasteiger partial charge on any atom is -0.390 e. The number of carbonyl (C=O) groups excluding carboxylic acids is 11. The number of nitrogens with zero attached hydrogens (tertiary/aromatic N) is 9. The predicted molar refractivity (Wildman–Crippen MR) is 372 cm³/mol. The highest BCUT2D eigenvalue weighted by atomic mass is 16.5. The number of methoxy groups -OCH3 is 1. The van der Waals surface area contributed by atoms with Gasteiger partial charge in [-0.15, -0.1) is 0 Å². The highest BCUT2D eigenvalue weighted by Gasteiger charge is 2.47. The molecule has 2 heterocycles. The van der Waals surface area contributed by atoms with Crippen LogP contribution in [0, 0.1) is 41.4 Å². The molecule has 2 aliphatic heterocycles. The van der Waals surface area contributed by atoms with Crippen LogP contribution in [0.3, 0.4) is 0 Å². The quantitative estimate of drug-likeness (QED) is 0.110. The summed E-state index contributed by atoms with van der Waals surface area (Å²) in [7, 11) is 11.8. The van der Waals surface area contributed by atoms with Crippen LogP contribution in [0.1, 0.15) is 169 Å². The summed E-state index contributed by atoms with van der Waals surface area (Å²) in [6.45, 7) is 34.6. The van der Waals surface area contributed by atoms with Crippen LogP contribution in [0.4, 0.5) is 0 Å². The van der Waals surface area contributed by atoms with Crippen molar-refractivity contribution in [1.29, 1.82) is 0 Å². The lowest BCUT2D eigenvalue weighted by molar-refractivity contribution is -0.157. The van der Waals surface area contributed by atoms with E-state index in [9.17, 15) is 24.3 Å². The number of likely N-dealkylation sites (N-methyl/N-ethyl adjacent to an activating group) is 7. The summed E-state index contributed by atoms with van der Waals surface area (Å²) in [6, 6.07) is -13.8. The molecule has 96 heavy (non-hydrogen) atoms. The first kappa shape index (κ1) is 86.1. The molecule has 2 fully saturated rings. The molecule has 26 nitrogen and oxygen atoms in total. The topological polar surface area (TPSA) is 295 Å². The molecule has 14 atom stereocenters. The van der Waals surface area contributed by atoms with Crippen molar-refractivity contribution in [2.75, 3.05) is 102 Å². The predicted octanol–water partition coefficient (Wildman–Crippen LogP) is 3.13. The fourth-order valence-corrected chi connectivity index (χ4v) is 13.0. The minimum absolute atomic E-state index is 0.0156. The number of nitrogens with one attached hydrogen (secondary N) is 4. The summed E-state index contributed by atoms with van der Waals surface area (Å²) in [6.07, 6.45) is 1.47. The first-order valence-electron chi connectivity index (χ1n) is 35.3. The van der Waals surface area contributed by atoms with E-state index in [0.717, 1.165) is 31.0 Å². The molecule has 0 aliphatic carbocycles. The van der Waals surface area contributed by atoms with Crippen molar-refractivity contribution in [3.63, 3.8) is 0 Å². The number of aliphatic hydroxyl groups excluding tert-OH is 1. The summed E-state index contributed by atoms with van der Waals surface area (Å²) in [5.41, 5.74) is 0. The van der Waals surface area contributed by atoms with Crippen molar-refractivity contribution in [1.82, 2.24) is 65.4 Å². The summed E-state index contributed by atoms with van der Waals surface area (Å²) in [4.78, 5) is 177. The van der Waals surface area contributed by atoms with Crippen molar-refractivity contribution in [3.05, 3.63) is 0 Å². The average Bonchev–Trinajstić information content (AvgIpc) is 0.807. The summed E-state index contributed by atoms with van der Waals surface area (Å²) >= 11 is 0. The second-order valence-electron chi connectivity index (χ2n) is 29.6. The largest absolute Gasteiger partial charge is 0.390 e. The van der Waals surface area contributed by atoms with Crippen LogP contribution in [0.5, 0.6) is 0 Å². The Morgan fingerprint density at radius 1 is 0.469 bits per heavy atom. The van der Waals surface area contributed by atoms with Gasteiger partial charge in [0.15, 0.2) is 0 Å². The summed E-state index contributed by atoms with van der Waals surface area (Å²) in [5, 5.41) is 23.6. The lowest BCUT2D eigenvalue weighted by Gasteiger charge is -2.42. The van der Waals surface area contributed by atoms with Gasteiger partial charge in [0.25, 0.3) is 0 Å². The molecule has 5 N–H and O–H groups in total. The summed E-state index contributed by atoms with van der Waals surface area (Å²) < 4.78 is 5.32. The number of aliphatic hydroxyl groups is 1. The third kappa shape index (κ3) is 23.9. The fourth-order valence-electron chi connectivity index (χ4n) is 13.0. The van der Waals surface area contributed by atoms with E-state index in [1.165, 1.54) is 99.5 Å². The number of ether oxygens (including phenoxy) is 1. The van der Waals surface area contributed by atoms with E-state index in [1.807, 2.05) is 55.4 Å². The Labute approximate surface area is 576 Å². The zero-order valence-corrected chi connectivity index (χ0v) is 63.4. The molecule has 0 radical (unpaired) electrons. The van der Waals surface area contributed by atoms with Gasteiger partial charge in [0.05, 0.1) is 12.7 Å². The van der Waals surface area contributed by atoms with Crippen LogP contribution in [0.25, 0.3) is 0 Å². The van der Waals surface area contributed by atoms with Crippen molar-refractivity contribution < 1.29 is 62.6 Å². The Bertz CT molecular complexity index is 2560. The minimum atomic E-state index is -1.60. The molecule has 0 aromatic rings. The fraction of sp³-hybridized carbons (Fsp3) is 0.843. The smallest absolute Gasteiger partial charge is 0.246 e. The molecule has 0 saturated carbocycles. The number of unbranched alkanes of at least 4 members (excludes halogenated alkanes) is 1. The van der Waals surface area contributed by atoms with E-state index in [4.69, 9.17) is 4.74 Å². The van der Waals surface area contributed by atoms with E-state index in [2.05, 4.69) is 31.1 Å². The third-order valence-electron chi connectivity index (χ3n) is 19.5. The van der Waals surface area contributed by atoms with Crippen LogP contribution >= 0.6 is 0 Å². The molecule has 2 rings (SSSR count). The van der Waals surface area contributed by atoms with Gasteiger partial charge in [0.1, 0.15) is 66.5 Å². The Balaban J connectivity index is 3.05. The van der Waals surface area contributed by atoms with Crippen LogP contribution < -0.4 is 21.3 Å². The molecular formula is C70H129N13O13. The van der Waals surface area contributed by atoms with Crippen molar-refractivity contribution in [3.8, 4) is 0 Å². The number of hydrogen-bond acceptors (Lipinski definition) is 15. The van der Waals surface area contributed by atoms with Gasteiger partial charge in [0.2, 0.25) is 65.0 Å². The maximum absolute atomic E-state index is 15.3. The molecular weight excluding hydrogens is 1230 g/mol. The van der Waals surface area contributed by atoms with Crippen LogP contribution in [0.15, 0.2) is 0 Å². The maximum Gasteiger partial charge on any atom is 0.246 e. The van der Waals surface area contributed by atoms with E-state index < -0.39 is 161 Å². The average molecular weight is 1360 g/mol. The van der Waals surface area contributed by atoms with E-state index >= 15 is 33.6 Å². The van der Waals surface area contributed by atoms with Crippen molar-refractivity contribution in [2.45, 2.75) is 242 Å². The first-order chi connectivity index (χ1) is 44.6. The van der Waals surface area contributed by atoms with Crippen LogP contribution in [0.2, 0.25) is 0 Å². The van der Waals surface area contributed by atoms with Crippen LogP contribution in [-0.2, 0) is 57.5 Å². The molecule has 26 heteroatoms. The summed E-state index contributed by atoms with van der Waals surface area (Å²) in [5.74, 6) is -9.81. The molecule has 552 valence electrons. The van der Waals surface area contributed by atoms with Gasteiger partial charge < -0.3 is 70.3 Å². The van der Waals surface area contributed by atoms with Crippen molar-refractivity contribution in [2.24, 2.45) is 41.4 Å². The number of hydrogen-bond donors (Lipinski definition) is 5. The Morgan fingerprint density at radius 2 is 0.948 bits per heavy atom. The maximum atomic E-state index is 15.3. The van der Waals surface area contributed by atoms with Gasteiger partial charge in [-0.1, -0.05) is 110 Å². The lowest BCUT2D eigenvalue weighted by Crippen LogP contribution is -2.64. The highest BCUT2D eigenvalue weighted by molar-refractivity contribution is 6.00. The van der Waals surface area contributed by atoms with Gasteiger partial charge >= 0.3 is 0 Å². The van der Waals surface area contributed by atoms with E-state index in [1.54, 1.807) is 48.7 Å². The Kier molecular flexibility index (Phi) is 36.0. The van der Waals surface area contributed by atoms with E-state index in [-0.39, 0.29) is 43.4 Å². The molecule has 1 unspecified atom stereocenters. The number of piperazine rings is 1. The zero-order valence-electron chi connectivity index (χ0n) is 63.4. The Hall–Kier alpha value is -5.99. The molecule has 0 aromatic carbocycles. The number of amides is 11. The zero-order chi connectivity index (χ0) is 73.7. The molecule has 0 spiro atoms. The van der Waals surface area contributed by atoms with Gasteiger partial charge in [0, 0.05) is 95.7 Å². The second kappa shape index (κ2) is 40.2. The number of rotatable bonds is 21. The number of carbonyl (C=O) groups is 11. The van der Waals surface area contributed by atoms with Crippen molar-refractivity contribution >= 4 is 65.0 Å². The first-order valence-corrected chi connectivity index (χ1v) is 35.3. The van der Waals surface area contributed by atoms with Crippen LogP contribution in [-0.4, -0.2) is 289 Å². The molecule has 0 aromatic heterocycles. The second-order valence-corrected chi connectivity index (χ2v) is 29.6. The van der Waals surface area contributed by atoms with Gasteiger partial charge in [-0.05, 0) is 101 Å². The highest BCUT2D eigenvalue weighted by Crippen LogP contribution is 2.27. The molecule has 0 bridgehead atoms. The molecule has 2 saturated heterocycles. The van der Waals surface area contributed by atoms with Gasteiger partial charge in [-0.2, -0.15) is 0 Å². The van der Waals surface area contributed by atoms with E-state index in [0.29, 0.717) is 45.5 Å². The van der Waals surface area contributed by atoms with Gasteiger partial charge in [-0.25, -0.2) is 0 Å². The lowest BCUT2D eigenvalue weighted by atomic mass is 9.90.